The van der Waals surface area contributed by atoms with Crippen molar-refractivity contribution < 1.29 is 35.9 Å². The molecule has 0 aliphatic carbocycles. The van der Waals surface area contributed by atoms with Crippen molar-refractivity contribution in [3.63, 3.8) is 0 Å². The molecule has 1 fully saturated rings. The molecule has 0 saturated carbocycles. The Hall–Kier alpha value is -0.700. The zero-order valence-electron chi connectivity index (χ0n) is 8.98. The molecular formula is C8H10ClF6NO2. The lowest BCUT2D eigenvalue weighted by atomic mass is 9.76. The van der Waals surface area contributed by atoms with Crippen LogP contribution in [0.4, 0.5) is 26.3 Å². The standard InChI is InChI=1S/C8H9F6NO2.ClH/c1-17-5(16)4-2-15-3-6(4,7(9,10)11)8(12,13)14;/h4,15H,2-3H2,1H3;1H. The van der Waals surface area contributed by atoms with Crippen LogP contribution in [-0.4, -0.2) is 38.5 Å². The summed E-state index contributed by atoms with van der Waals surface area (Å²) in [4.78, 5) is 11.1. The SMILES string of the molecule is COC(=O)C1CNCC1(C(F)(F)F)C(F)(F)F.Cl. The predicted molar refractivity (Wildman–Crippen MR) is 50.2 cm³/mol. The summed E-state index contributed by atoms with van der Waals surface area (Å²) in [5.41, 5.74) is -4.08. The molecule has 10 heteroatoms. The largest absolute Gasteiger partial charge is 0.469 e. The fraction of sp³-hybridized carbons (Fsp3) is 0.875. The van der Waals surface area contributed by atoms with E-state index in [1.54, 1.807) is 0 Å². The summed E-state index contributed by atoms with van der Waals surface area (Å²) in [6, 6.07) is 0. The molecular weight excluding hydrogens is 292 g/mol. The Labute approximate surface area is 104 Å². The van der Waals surface area contributed by atoms with Crippen molar-refractivity contribution in [3.8, 4) is 0 Å². The number of carbonyl (C=O) groups excluding carboxylic acids is 1. The van der Waals surface area contributed by atoms with E-state index in [1.807, 2.05) is 5.32 Å². The molecule has 0 amide bonds. The number of nitrogens with one attached hydrogen (secondary N) is 1. The first kappa shape index (κ1) is 17.3. The molecule has 1 aliphatic heterocycles. The number of ether oxygens (including phenoxy) is 1. The van der Waals surface area contributed by atoms with Gasteiger partial charge in [-0.25, -0.2) is 0 Å². The Kier molecular flexibility index (Phi) is 4.92. The van der Waals surface area contributed by atoms with Crippen molar-refractivity contribution in [1.82, 2.24) is 5.32 Å². The molecule has 0 aromatic carbocycles. The normalized spacial score (nSPS) is 23.4. The molecule has 1 rings (SSSR count). The van der Waals surface area contributed by atoms with Gasteiger partial charge in [-0.05, 0) is 0 Å². The zero-order chi connectivity index (χ0) is 13.5. The maximum absolute atomic E-state index is 12.7. The second-order valence-electron chi connectivity index (χ2n) is 3.67. The number of halogens is 7. The van der Waals surface area contributed by atoms with E-state index in [2.05, 4.69) is 4.74 Å². The lowest BCUT2D eigenvalue weighted by Gasteiger charge is -2.36. The monoisotopic (exact) mass is 301 g/mol. The van der Waals surface area contributed by atoms with Crippen LogP contribution in [0.1, 0.15) is 0 Å². The van der Waals surface area contributed by atoms with Crippen LogP contribution in [0, 0.1) is 11.3 Å². The fourth-order valence-electron chi connectivity index (χ4n) is 1.89. The van der Waals surface area contributed by atoms with Crippen molar-refractivity contribution in [1.29, 1.82) is 0 Å². The van der Waals surface area contributed by atoms with Gasteiger partial charge in [-0.1, -0.05) is 0 Å². The molecule has 0 aromatic rings. The Morgan fingerprint density at radius 1 is 1.22 bits per heavy atom. The Morgan fingerprint density at radius 3 is 2.00 bits per heavy atom. The number of hydrogen-bond acceptors (Lipinski definition) is 3. The van der Waals surface area contributed by atoms with E-state index >= 15 is 0 Å². The molecule has 0 spiro atoms. The molecule has 1 unspecified atom stereocenters. The summed E-state index contributed by atoms with van der Waals surface area (Å²) in [6.07, 6.45) is -11.2. The minimum atomic E-state index is -5.58. The van der Waals surface area contributed by atoms with E-state index in [-0.39, 0.29) is 12.4 Å². The Bertz CT molecular complexity index is 302. The fourth-order valence-corrected chi connectivity index (χ4v) is 1.89. The highest BCUT2D eigenvalue weighted by Gasteiger charge is 2.77. The number of esters is 1. The van der Waals surface area contributed by atoms with Gasteiger partial charge in [0.1, 0.15) is 0 Å². The van der Waals surface area contributed by atoms with Crippen LogP contribution in [0.2, 0.25) is 0 Å². The molecule has 1 heterocycles. The first-order chi connectivity index (χ1) is 7.58. The van der Waals surface area contributed by atoms with Crippen LogP contribution >= 0.6 is 12.4 Å². The van der Waals surface area contributed by atoms with Gasteiger partial charge in [0.25, 0.3) is 0 Å². The second-order valence-corrected chi connectivity index (χ2v) is 3.67. The summed E-state index contributed by atoms with van der Waals surface area (Å²) >= 11 is 0. The van der Waals surface area contributed by atoms with Gasteiger partial charge in [-0.3, -0.25) is 4.79 Å². The number of carbonyl (C=O) groups is 1. The lowest BCUT2D eigenvalue weighted by Crippen LogP contribution is -2.57. The first-order valence-corrected chi connectivity index (χ1v) is 4.50. The third kappa shape index (κ3) is 2.37. The quantitative estimate of drug-likeness (QED) is 0.594. The van der Waals surface area contributed by atoms with Crippen molar-refractivity contribution >= 4 is 18.4 Å². The van der Waals surface area contributed by atoms with Crippen LogP contribution in [0.3, 0.4) is 0 Å². The second kappa shape index (κ2) is 5.12. The molecule has 1 saturated heterocycles. The molecule has 0 bridgehead atoms. The molecule has 0 aromatic heterocycles. The third-order valence-corrected chi connectivity index (χ3v) is 2.84. The van der Waals surface area contributed by atoms with E-state index in [0.717, 1.165) is 7.11 Å². The summed E-state index contributed by atoms with van der Waals surface area (Å²) in [6.45, 7) is -2.09. The molecule has 1 aliphatic rings. The van der Waals surface area contributed by atoms with Crippen molar-refractivity contribution in [2.24, 2.45) is 11.3 Å². The summed E-state index contributed by atoms with van der Waals surface area (Å²) in [5.74, 6) is -3.84. The minimum absolute atomic E-state index is 0. The van der Waals surface area contributed by atoms with Crippen LogP contribution in [0.25, 0.3) is 0 Å². The van der Waals surface area contributed by atoms with Crippen molar-refractivity contribution in [2.75, 3.05) is 20.2 Å². The molecule has 1 N–H and O–H groups in total. The molecule has 0 radical (unpaired) electrons. The van der Waals surface area contributed by atoms with E-state index < -0.39 is 42.7 Å². The van der Waals surface area contributed by atoms with E-state index in [0.29, 0.717) is 0 Å². The van der Waals surface area contributed by atoms with Gasteiger partial charge in [0.05, 0.1) is 13.0 Å². The molecule has 18 heavy (non-hydrogen) atoms. The van der Waals surface area contributed by atoms with E-state index in [9.17, 15) is 31.1 Å². The summed E-state index contributed by atoms with van der Waals surface area (Å²) < 4.78 is 80.1. The molecule has 1 atom stereocenters. The number of alkyl halides is 6. The number of rotatable bonds is 1. The topological polar surface area (TPSA) is 38.3 Å². The van der Waals surface area contributed by atoms with Gasteiger partial charge < -0.3 is 10.1 Å². The van der Waals surface area contributed by atoms with Crippen molar-refractivity contribution in [3.05, 3.63) is 0 Å². The predicted octanol–water partition coefficient (Wildman–Crippen LogP) is 1.91. The summed E-state index contributed by atoms with van der Waals surface area (Å²) in [7, 11) is 0.748. The van der Waals surface area contributed by atoms with Crippen molar-refractivity contribution in [2.45, 2.75) is 12.4 Å². The van der Waals surface area contributed by atoms with E-state index in [1.165, 1.54) is 0 Å². The van der Waals surface area contributed by atoms with Crippen LogP contribution in [-0.2, 0) is 9.53 Å². The van der Waals surface area contributed by atoms with Gasteiger partial charge >= 0.3 is 18.3 Å². The lowest BCUT2D eigenvalue weighted by molar-refractivity contribution is -0.344. The number of hydrogen-bond donors (Lipinski definition) is 1. The van der Waals surface area contributed by atoms with Gasteiger partial charge in [-0.15, -0.1) is 12.4 Å². The van der Waals surface area contributed by atoms with Gasteiger partial charge in [-0.2, -0.15) is 26.3 Å². The highest BCUT2D eigenvalue weighted by molar-refractivity contribution is 5.85. The Morgan fingerprint density at radius 2 is 1.67 bits per heavy atom. The first-order valence-electron chi connectivity index (χ1n) is 4.50. The van der Waals surface area contributed by atoms with Gasteiger partial charge in [0.2, 0.25) is 0 Å². The van der Waals surface area contributed by atoms with Gasteiger partial charge in [0, 0.05) is 13.1 Å². The average molecular weight is 302 g/mol. The minimum Gasteiger partial charge on any atom is -0.469 e. The average Bonchev–Trinajstić information content (AvgIpc) is 2.59. The highest BCUT2D eigenvalue weighted by atomic mass is 35.5. The van der Waals surface area contributed by atoms with Crippen LogP contribution in [0.15, 0.2) is 0 Å². The smallest absolute Gasteiger partial charge is 0.405 e. The van der Waals surface area contributed by atoms with Crippen LogP contribution in [0.5, 0.6) is 0 Å². The zero-order valence-corrected chi connectivity index (χ0v) is 9.80. The van der Waals surface area contributed by atoms with Crippen LogP contribution < -0.4 is 5.32 Å². The van der Waals surface area contributed by atoms with E-state index in [4.69, 9.17) is 0 Å². The summed E-state index contributed by atoms with van der Waals surface area (Å²) in [5, 5.41) is 1.95. The molecule has 3 nitrogen and oxygen atoms in total. The maximum Gasteiger partial charge on any atom is 0.405 e. The third-order valence-electron chi connectivity index (χ3n) is 2.84. The molecule has 108 valence electrons. The Balaban J connectivity index is 0.00000289. The highest BCUT2D eigenvalue weighted by Crippen LogP contribution is 2.56. The maximum atomic E-state index is 12.7. The number of methoxy groups -OCH3 is 1. The van der Waals surface area contributed by atoms with Gasteiger partial charge in [0.15, 0.2) is 5.41 Å².